The fourth-order valence-corrected chi connectivity index (χ4v) is 1.72. The summed E-state index contributed by atoms with van der Waals surface area (Å²) in [5.74, 6) is -0.196. The first-order valence-corrected chi connectivity index (χ1v) is 5.00. The van der Waals surface area contributed by atoms with Crippen LogP contribution < -0.4 is 5.32 Å². The van der Waals surface area contributed by atoms with Crippen LogP contribution in [0.2, 0.25) is 4.34 Å². The van der Waals surface area contributed by atoms with Gasteiger partial charge in [0, 0.05) is 6.54 Å². The molecule has 0 aliphatic heterocycles. The van der Waals surface area contributed by atoms with E-state index >= 15 is 0 Å². The third kappa shape index (κ3) is 3.34. The average molecular weight is 220 g/mol. The van der Waals surface area contributed by atoms with E-state index in [2.05, 4.69) is 5.32 Å². The summed E-state index contributed by atoms with van der Waals surface area (Å²) in [4.78, 5) is 11.9. The number of aliphatic hydroxyl groups excluding tert-OH is 1. The van der Waals surface area contributed by atoms with Crippen LogP contribution >= 0.6 is 22.9 Å². The van der Waals surface area contributed by atoms with E-state index in [0.29, 0.717) is 9.21 Å². The van der Waals surface area contributed by atoms with Gasteiger partial charge in [0.1, 0.15) is 0 Å². The third-order valence-corrected chi connectivity index (χ3v) is 2.58. The average Bonchev–Trinajstić information content (AvgIpc) is 2.47. The van der Waals surface area contributed by atoms with Crippen molar-refractivity contribution < 1.29 is 9.90 Å². The summed E-state index contributed by atoms with van der Waals surface area (Å²) in [7, 11) is 0. The van der Waals surface area contributed by atoms with Crippen molar-refractivity contribution in [3.63, 3.8) is 0 Å². The SMILES string of the molecule is CC(O)CNC(=O)c1ccc(Cl)s1. The quantitative estimate of drug-likeness (QED) is 0.810. The van der Waals surface area contributed by atoms with Crippen molar-refractivity contribution in [3.8, 4) is 0 Å². The Morgan fingerprint density at radius 3 is 2.92 bits per heavy atom. The van der Waals surface area contributed by atoms with Gasteiger partial charge < -0.3 is 10.4 Å². The van der Waals surface area contributed by atoms with Crippen LogP contribution in [0.1, 0.15) is 16.6 Å². The zero-order chi connectivity index (χ0) is 9.84. The monoisotopic (exact) mass is 219 g/mol. The van der Waals surface area contributed by atoms with E-state index in [4.69, 9.17) is 16.7 Å². The Morgan fingerprint density at radius 1 is 1.77 bits per heavy atom. The minimum atomic E-state index is -0.528. The summed E-state index contributed by atoms with van der Waals surface area (Å²) >= 11 is 6.88. The molecule has 1 unspecified atom stereocenters. The number of hydrogen-bond acceptors (Lipinski definition) is 3. The lowest BCUT2D eigenvalue weighted by Crippen LogP contribution is -2.29. The molecule has 0 radical (unpaired) electrons. The molecule has 1 amide bonds. The van der Waals surface area contributed by atoms with Gasteiger partial charge >= 0.3 is 0 Å². The lowest BCUT2D eigenvalue weighted by atomic mass is 10.4. The van der Waals surface area contributed by atoms with Gasteiger partial charge in [0.2, 0.25) is 0 Å². The fourth-order valence-electron chi connectivity index (χ4n) is 0.764. The minimum Gasteiger partial charge on any atom is -0.392 e. The predicted octanol–water partition coefficient (Wildman–Crippen LogP) is 1.51. The minimum absolute atomic E-state index is 0.196. The second-order valence-corrected chi connectivity index (χ2v) is 4.38. The Bertz CT molecular complexity index is 298. The highest BCUT2D eigenvalue weighted by atomic mass is 35.5. The zero-order valence-electron chi connectivity index (χ0n) is 7.08. The lowest BCUT2D eigenvalue weighted by Gasteiger charge is -2.04. The van der Waals surface area contributed by atoms with Gasteiger partial charge in [-0.2, -0.15) is 0 Å². The number of carbonyl (C=O) groups is 1. The first-order chi connectivity index (χ1) is 6.09. The topological polar surface area (TPSA) is 49.3 Å². The van der Waals surface area contributed by atoms with Crippen LogP contribution in [0.25, 0.3) is 0 Å². The lowest BCUT2D eigenvalue weighted by molar-refractivity contribution is 0.0928. The van der Waals surface area contributed by atoms with Crippen molar-refractivity contribution in [1.29, 1.82) is 0 Å². The van der Waals surface area contributed by atoms with Gasteiger partial charge in [0.15, 0.2) is 0 Å². The first-order valence-electron chi connectivity index (χ1n) is 3.81. The van der Waals surface area contributed by atoms with E-state index < -0.39 is 6.10 Å². The summed E-state index contributed by atoms with van der Waals surface area (Å²) in [6.45, 7) is 1.87. The molecule has 1 aromatic heterocycles. The third-order valence-electron chi connectivity index (χ3n) is 1.36. The second kappa shape index (κ2) is 4.60. The Balaban J connectivity index is 2.49. The molecular formula is C8H10ClNO2S. The molecule has 13 heavy (non-hydrogen) atoms. The number of thiophene rings is 1. The van der Waals surface area contributed by atoms with Crippen molar-refractivity contribution >= 4 is 28.8 Å². The molecule has 0 aliphatic carbocycles. The Morgan fingerprint density at radius 2 is 2.46 bits per heavy atom. The van der Waals surface area contributed by atoms with E-state index in [9.17, 15) is 4.79 Å². The molecule has 0 saturated heterocycles. The molecule has 1 rings (SSSR count). The van der Waals surface area contributed by atoms with Gasteiger partial charge in [-0.1, -0.05) is 11.6 Å². The molecule has 1 heterocycles. The van der Waals surface area contributed by atoms with E-state index in [1.165, 1.54) is 11.3 Å². The molecule has 72 valence electrons. The summed E-state index contributed by atoms with van der Waals surface area (Å²) in [5.41, 5.74) is 0. The van der Waals surface area contributed by atoms with Gasteiger partial charge in [0.05, 0.1) is 15.3 Å². The van der Waals surface area contributed by atoms with E-state index in [1.807, 2.05) is 0 Å². The van der Waals surface area contributed by atoms with E-state index in [1.54, 1.807) is 19.1 Å². The number of halogens is 1. The second-order valence-electron chi connectivity index (χ2n) is 2.66. The van der Waals surface area contributed by atoms with Crippen LogP contribution in [0, 0.1) is 0 Å². The summed E-state index contributed by atoms with van der Waals surface area (Å²) in [5, 5.41) is 11.5. The number of rotatable bonds is 3. The maximum absolute atomic E-state index is 11.3. The van der Waals surface area contributed by atoms with Gasteiger partial charge in [-0.15, -0.1) is 11.3 Å². The van der Waals surface area contributed by atoms with Crippen molar-refractivity contribution in [2.24, 2.45) is 0 Å². The van der Waals surface area contributed by atoms with Crippen molar-refractivity contribution in [3.05, 3.63) is 21.3 Å². The molecule has 2 N–H and O–H groups in total. The summed E-state index contributed by atoms with van der Waals surface area (Å²) in [6, 6.07) is 3.33. The fraction of sp³-hybridized carbons (Fsp3) is 0.375. The number of nitrogens with one attached hydrogen (secondary N) is 1. The molecule has 0 aromatic carbocycles. The summed E-state index contributed by atoms with van der Waals surface area (Å²) in [6.07, 6.45) is -0.528. The van der Waals surface area contributed by atoms with Gasteiger partial charge in [-0.25, -0.2) is 0 Å². The molecule has 0 bridgehead atoms. The number of hydrogen-bond donors (Lipinski definition) is 2. The molecule has 0 saturated carbocycles. The molecule has 0 fully saturated rings. The predicted molar refractivity (Wildman–Crippen MR) is 53.3 cm³/mol. The van der Waals surface area contributed by atoms with Gasteiger partial charge in [-0.3, -0.25) is 4.79 Å². The highest BCUT2D eigenvalue weighted by Crippen LogP contribution is 2.20. The number of carbonyl (C=O) groups excluding carboxylic acids is 1. The van der Waals surface area contributed by atoms with Crippen LogP contribution in [0.4, 0.5) is 0 Å². The van der Waals surface area contributed by atoms with Crippen molar-refractivity contribution in [2.75, 3.05) is 6.54 Å². The van der Waals surface area contributed by atoms with Crippen molar-refractivity contribution in [1.82, 2.24) is 5.32 Å². The van der Waals surface area contributed by atoms with Crippen LogP contribution in [-0.4, -0.2) is 23.7 Å². The number of aliphatic hydroxyl groups is 1. The van der Waals surface area contributed by atoms with E-state index in [-0.39, 0.29) is 12.5 Å². The molecule has 5 heteroatoms. The molecule has 0 spiro atoms. The normalized spacial score (nSPS) is 12.5. The molecule has 1 aromatic rings. The zero-order valence-corrected chi connectivity index (χ0v) is 8.65. The van der Waals surface area contributed by atoms with Crippen LogP contribution in [0.15, 0.2) is 12.1 Å². The highest BCUT2D eigenvalue weighted by molar-refractivity contribution is 7.17. The largest absolute Gasteiger partial charge is 0.392 e. The standard InChI is InChI=1S/C8H10ClNO2S/c1-5(11)4-10-8(12)6-2-3-7(9)13-6/h2-3,5,11H,4H2,1H3,(H,10,12). The Kier molecular flexibility index (Phi) is 3.71. The maximum Gasteiger partial charge on any atom is 0.261 e. The summed E-state index contributed by atoms with van der Waals surface area (Å²) < 4.78 is 0.585. The maximum atomic E-state index is 11.3. The van der Waals surface area contributed by atoms with Crippen LogP contribution in [-0.2, 0) is 0 Å². The van der Waals surface area contributed by atoms with Crippen LogP contribution in [0.3, 0.4) is 0 Å². The van der Waals surface area contributed by atoms with Crippen LogP contribution in [0.5, 0.6) is 0 Å². The van der Waals surface area contributed by atoms with E-state index in [0.717, 1.165) is 0 Å². The Labute approximate surface area is 85.3 Å². The molecule has 3 nitrogen and oxygen atoms in total. The molecule has 1 atom stereocenters. The smallest absolute Gasteiger partial charge is 0.261 e. The highest BCUT2D eigenvalue weighted by Gasteiger charge is 2.08. The van der Waals surface area contributed by atoms with Gasteiger partial charge in [-0.05, 0) is 19.1 Å². The first kappa shape index (κ1) is 10.5. The Hall–Kier alpha value is -0.580. The number of amides is 1. The molecular weight excluding hydrogens is 210 g/mol. The molecule has 0 aliphatic rings. The van der Waals surface area contributed by atoms with Crippen molar-refractivity contribution in [2.45, 2.75) is 13.0 Å². The van der Waals surface area contributed by atoms with Gasteiger partial charge in [0.25, 0.3) is 5.91 Å².